The van der Waals surface area contributed by atoms with Gasteiger partial charge in [0.05, 0.1) is 14.2 Å². The largest absolute Gasteiger partial charge is 0.497 e. The van der Waals surface area contributed by atoms with Crippen molar-refractivity contribution in [1.82, 2.24) is 4.72 Å². The van der Waals surface area contributed by atoms with Crippen LogP contribution in [-0.2, 0) is 15.4 Å². The van der Waals surface area contributed by atoms with E-state index in [1.807, 2.05) is 51.1 Å². The molecule has 0 aliphatic carbocycles. The highest BCUT2D eigenvalue weighted by Gasteiger charge is 2.26. The zero-order valence-corrected chi connectivity index (χ0v) is 16.1. The second-order valence-corrected chi connectivity index (χ2v) is 8.33. The lowest BCUT2D eigenvalue weighted by molar-refractivity contribution is 0.401. The molecule has 0 radical (unpaired) electrons. The summed E-state index contributed by atoms with van der Waals surface area (Å²) in [4.78, 5) is 0.153. The highest BCUT2D eigenvalue weighted by molar-refractivity contribution is 7.89. The molecular weight excluding hydrogens is 338 g/mol. The van der Waals surface area contributed by atoms with Crippen molar-refractivity contribution in [1.29, 1.82) is 0 Å². The van der Waals surface area contributed by atoms with Crippen molar-refractivity contribution in [2.24, 2.45) is 0 Å². The monoisotopic (exact) mass is 363 g/mol. The summed E-state index contributed by atoms with van der Waals surface area (Å²) < 4.78 is 38.5. The first-order valence-corrected chi connectivity index (χ1v) is 9.47. The van der Waals surface area contributed by atoms with Crippen LogP contribution in [-0.4, -0.2) is 29.2 Å². The van der Waals surface area contributed by atoms with E-state index >= 15 is 0 Å². The minimum absolute atomic E-state index is 0.153. The number of hydrogen-bond acceptors (Lipinski definition) is 4. The maximum Gasteiger partial charge on any atom is 0.244 e. The molecule has 2 aromatic rings. The molecule has 0 aliphatic heterocycles. The molecule has 0 saturated heterocycles. The molecule has 2 rings (SSSR count). The van der Waals surface area contributed by atoms with E-state index in [1.54, 1.807) is 19.2 Å². The molecule has 0 spiro atoms. The minimum atomic E-state index is -3.68. The molecule has 136 valence electrons. The number of benzene rings is 2. The van der Waals surface area contributed by atoms with Crippen LogP contribution in [0.3, 0.4) is 0 Å². The Bertz CT molecular complexity index is 827. The van der Waals surface area contributed by atoms with Gasteiger partial charge < -0.3 is 9.47 Å². The van der Waals surface area contributed by atoms with Crippen LogP contribution in [0.2, 0.25) is 0 Å². The van der Waals surface area contributed by atoms with Crippen LogP contribution in [0.1, 0.15) is 25.0 Å². The van der Waals surface area contributed by atoms with E-state index in [4.69, 9.17) is 9.47 Å². The molecule has 5 nitrogen and oxygen atoms in total. The van der Waals surface area contributed by atoms with Crippen LogP contribution in [0.25, 0.3) is 0 Å². The normalized spacial score (nSPS) is 12.0. The van der Waals surface area contributed by atoms with Crippen molar-refractivity contribution in [3.05, 3.63) is 53.6 Å². The number of hydrogen-bond donors (Lipinski definition) is 1. The van der Waals surface area contributed by atoms with Crippen molar-refractivity contribution in [3.8, 4) is 11.5 Å². The average molecular weight is 363 g/mol. The Kier molecular flexibility index (Phi) is 5.75. The molecule has 0 aliphatic rings. The van der Waals surface area contributed by atoms with Crippen molar-refractivity contribution < 1.29 is 17.9 Å². The van der Waals surface area contributed by atoms with Gasteiger partial charge in [-0.15, -0.1) is 0 Å². The van der Waals surface area contributed by atoms with E-state index in [2.05, 4.69) is 4.72 Å². The van der Waals surface area contributed by atoms with Gasteiger partial charge in [-0.05, 0) is 42.3 Å². The first kappa shape index (κ1) is 19.3. The maximum absolute atomic E-state index is 12.7. The summed E-state index contributed by atoms with van der Waals surface area (Å²) in [6.45, 7) is 6.09. The Morgan fingerprint density at radius 1 is 1.00 bits per heavy atom. The third kappa shape index (κ3) is 4.52. The van der Waals surface area contributed by atoms with Crippen LogP contribution >= 0.6 is 0 Å². The number of aryl methyl sites for hydroxylation is 1. The van der Waals surface area contributed by atoms with E-state index in [-0.39, 0.29) is 16.9 Å². The Labute approximate surface area is 150 Å². The number of nitrogens with one attached hydrogen (secondary N) is 1. The topological polar surface area (TPSA) is 64.6 Å². The fourth-order valence-electron chi connectivity index (χ4n) is 2.49. The van der Waals surface area contributed by atoms with E-state index in [9.17, 15) is 8.42 Å². The fourth-order valence-corrected chi connectivity index (χ4v) is 3.96. The second-order valence-electron chi connectivity index (χ2n) is 6.59. The Hall–Kier alpha value is -2.05. The van der Waals surface area contributed by atoms with Crippen molar-refractivity contribution in [3.63, 3.8) is 0 Å². The average Bonchev–Trinajstić information content (AvgIpc) is 2.60. The SMILES string of the molecule is COc1ccc(C(C)(C)CNS(=O)(=O)c2cc(C)ccc2OC)cc1. The predicted molar refractivity (Wildman–Crippen MR) is 98.9 cm³/mol. The van der Waals surface area contributed by atoms with Gasteiger partial charge in [-0.3, -0.25) is 0 Å². The lowest BCUT2D eigenvalue weighted by Gasteiger charge is -2.26. The molecular formula is C19H25NO4S. The number of sulfonamides is 1. The molecule has 0 heterocycles. The standard InChI is InChI=1S/C19H25NO4S/c1-14-6-11-17(24-5)18(12-14)25(21,22)20-13-19(2,3)15-7-9-16(23-4)10-8-15/h6-12,20H,13H2,1-5H3. The second kappa shape index (κ2) is 7.45. The molecule has 0 saturated carbocycles. The van der Waals surface area contributed by atoms with E-state index < -0.39 is 10.0 Å². The van der Waals surface area contributed by atoms with Gasteiger partial charge in [0.15, 0.2) is 0 Å². The van der Waals surface area contributed by atoms with Gasteiger partial charge in [0.25, 0.3) is 0 Å². The third-order valence-electron chi connectivity index (χ3n) is 4.18. The predicted octanol–water partition coefficient (Wildman–Crippen LogP) is 3.27. The first-order chi connectivity index (χ1) is 11.7. The highest BCUT2D eigenvalue weighted by atomic mass is 32.2. The van der Waals surface area contributed by atoms with Crippen LogP contribution in [0.4, 0.5) is 0 Å². The molecule has 0 fully saturated rings. The molecule has 0 bridgehead atoms. The summed E-state index contributed by atoms with van der Waals surface area (Å²) in [5.41, 5.74) is 1.50. The Morgan fingerprint density at radius 2 is 1.64 bits per heavy atom. The third-order valence-corrected chi connectivity index (χ3v) is 5.61. The highest BCUT2D eigenvalue weighted by Crippen LogP contribution is 2.27. The van der Waals surface area contributed by atoms with E-state index in [1.165, 1.54) is 7.11 Å². The Morgan fingerprint density at radius 3 is 2.20 bits per heavy atom. The molecule has 0 aromatic heterocycles. The summed E-state index contributed by atoms with van der Waals surface area (Å²) >= 11 is 0. The molecule has 6 heteroatoms. The molecule has 25 heavy (non-hydrogen) atoms. The van der Waals surface area contributed by atoms with Gasteiger partial charge >= 0.3 is 0 Å². The number of ether oxygens (including phenoxy) is 2. The van der Waals surface area contributed by atoms with Crippen molar-refractivity contribution in [2.45, 2.75) is 31.1 Å². The summed E-state index contributed by atoms with van der Waals surface area (Å²) in [6.07, 6.45) is 0. The van der Waals surface area contributed by atoms with Gasteiger partial charge in [-0.2, -0.15) is 0 Å². The van der Waals surface area contributed by atoms with Gasteiger partial charge in [-0.25, -0.2) is 13.1 Å². The molecule has 2 aromatic carbocycles. The van der Waals surface area contributed by atoms with Gasteiger partial charge in [0.2, 0.25) is 10.0 Å². The lowest BCUT2D eigenvalue weighted by Crippen LogP contribution is -2.36. The number of methoxy groups -OCH3 is 2. The summed E-state index contributed by atoms with van der Waals surface area (Å²) in [6, 6.07) is 12.7. The zero-order chi connectivity index (χ0) is 18.7. The quantitative estimate of drug-likeness (QED) is 0.820. The summed E-state index contributed by atoms with van der Waals surface area (Å²) in [7, 11) is -0.601. The van der Waals surface area contributed by atoms with Gasteiger partial charge in [0.1, 0.15) is 16.4 Å². The van der Waals surface area contributed by atoms with Crippen LogP contribution in [0.15, 0.2) is 47.4 Å². The zero-order valence-electron chi connectivity index (χ0n) is 15.3. The molecule has 0 atom stereocenters. The summed E-state index contributed by atoms with van der Waals surface area (Å²) in [5.74, 6) is 1.10. The van der Waals surface area contributed by atoms with E-state index in [0.717, 1.165) is 16.9 Å². The van der Waals surface area contributed by atoms with Crippen molar-refractivity contribution in [2.75, 3.05) is 20.8 Å². The van der Waals surface area contributed by atoms with Gasteiger partial charge in [0, 0.05) is 12.0 Å². The molecule has 0 amide bonds. The number of rotatable bonds is 7. The minimum Gasteiger partial charge on any atom is -0.497 e. The smallest absolute Gasteiger partial charge is 0.244 e. The van der Waals surface area contributed by atoms with E-state index in [0.29, 0.717) is 5.75 Å². The van der Waals surface area contributed by atoms with Crippen LogP contribution in [0.5, 0.6) is 11.5 Å². The van der Waals surface area contributed by atoms with Crippen molar-refractivity contribution >= 4 is 10.0 Å². The van der Waals surface area contributed by atoms with Crippen LogP contribution in [0, 0.1) is 6.92 Å². The Balaban J connectivity index is 2.22. The maximum atomic E-state index is 12.7. The molecule has 0 unspecified atom stereocenters. The summed E-state index contributed by atoms with van der Waals surface area (Å²) in [5, 5.41) is 0. The molecule has 1 N–H and O–H groups in total. The first-order valence-electron chi connectivity index (χ1n) is 7.98. The fraction of sp³-hybridized carbons (Fsp3) is 0.368. The van der Waals surface area contributed by atoms with Gasteiger partial charge in [-0.1, -0.05) is 32.0 Å². The lowest BCUT2D eigenvalue weighted by atomic mass is 9.85. The van der Waals surface area contributed by atoms with Crippen LogP contribution < -0.4 is 14.2 Å².